The van der Waals surface area contributed by atoms with Crippen LogP contribution in [0.5, 0.6) is 0 Å². The Bertz CT molecular complexity index is 407. The van der Waals surface area contributed by atoms with E-state index >= 15 is 0 Å². The molecule has 0 unspecified atom stereocenters. The van der Waals surface area contributed by atoms with Gasteiger partial charge in [0.1, 0.15) is 5.82 Å². The van der Waals surface area contributed by atoms with E-state index in [1.807, 2.05) is 20.8 Å². The fourth-order valence-electron chi connectivity index (χ4n) is 1.25. The van der Waals surface area contributed by atoms with Crippen LogP contribution in [0.25, 0.3) is 0 Å². The summed E-state index contributed by atoms with van der Waals surface area (Å²) < 4.78 is 6.98. The molecule has 0 aliphatic rings. The zero-order chi connectivity index (χ0) is 12.5. The topological polar surface area (TPSA) is 70.1 Å². The number of esters is 1. The Morgan fingerprint density at radius 1 is 1.56 bits per heavy atom. The molecule has 0 amide bonds. The number of anilines is 1. The average molecular weight is 290 g/mol. The van der Waals surface area contributed by atoms with E-state index in [1.165, 1.54) is 0 Å². The van der Waals surface area contributed by atoms with E-state index in [1.54, 1.807) is 11.6 Å². The summed E-state index contributed by atoms with van der Waals surface area (Å²) >= 11 is 3.25. The Morgan fingerprint density at radius 2 is 2.12 bits per heavy atom. The molecule has 5 nitrogen and oxygen atoms in total. The number of carbonyl (C=O) groups excluding carboxylic acids is 1. The first kappa shape index (κ1) is 13.0. The predicted molar refractivity (Wildman–Crippen MR) is 65.3 cm³/mol. The number of nitrogens with zero attached hydrogens (tertiary/aromatic N) is 2. The first-order valence-electron chi connectivity index (χ1n) is 5.00. The highest BCUT2D eigenvalue weighted by molar-refractivity contribution is 9.10. The second kappa shape index (κ2) is 4.45. The lowest BCUT2D eigenvalue weighted by atomic mass is 10.1. The van der Waals surface area contributed by atoms with Crippen molar-refractivity contribution in [2.75, 3.05) is 12.3 Å². The second-order valence-corrected chi connectivity index (χ2v) is 5.14. The Kier molecular flexibility index (Phi) is 3.62. The number of rotatable bonds is 2. The number of hydrogen-bond donors (Lipinski definition) is 1. The highest BCUT2D eigenvalue weighted by atomic mass is 79.9. The van der Waals surface area contributed by atoms with E-state index in [4.69, 9.17) is 10.5 Å². The second-order valence-electron chi connectivity index (χ2n) is 4.35. The third-order valence-corrected chi connectivity index (χ3v) is 2.75. The summed E-state index contributed by atoms with van der Waals surface area (Å²) in [6.45, 7) is 7.93. The Balaban J connectivity index is 3.20. The summed E-state index contributed by atoms with van der Waals surface area (Å²) in [5.74, 6) is -0.0420. The molecular weight excluding hydrogens is 274 g/mol. The molecule has 6 heteroatoms. The SMILES string of the molecule is CCOC(=O)c1nn(C(C)(C)C)c(N)c1Br. The van der Waals surface area contributed by atoms with Crippen LogP contribution in [-0.4, -0.2) is 22.4 Å². The van der Waals surface area contributed by atoms with E-state index in [0.717, 1.165) is 0 Å². The van der Waals surface area contributed by atoms with Gasteiger partial charge < -0.3 is 10.5 Å². The van der Waals surface area contributed by atoms with Gasteiger partial charge in [-0.1, -0.05) is 0 Å². The molecule has 0 fully saturated rings. The Labute approximate surface area is 103 Å². The third-order valence-electron chi connectivity index (χ3n) is 1.97. The smallest absolute Gasteiger partial charge is 0.360 e. The highest BCUT2D eigenvalue weighted by Gasteiger charge is 2.26. The maximum Gasteiger partial charge on any atom is 0.360 e. The summed E-state index contributed by atoms with van der Waals surface area (Å²) in [7, 11) is 0. The van der Waals surface area contributed by atoms with E-state index < -0.39 is 5.97 Å². The lowest BCUT2D eigenvalue weighted by Gasteiger charge is -2.20. The highest BCUT2D eigenvalue weighted by Crippen LogP contribution is 2.29. The van der Waals surface area contributed by atoms with Gasteiger partial charge in [-0.05, 0) is 43.6 Å². The van der Waals surface area contributed by atoms with Crippen molar-refractivity contribution in [1.82, 2.24) is 9.78 Å². The zero-order valence-electron chi connectivity index (χ0n) is 9.87. The van der Waals surface area contributed by atoms with Crippen molar-refractivity contribution in [1.29, 1.82) is 0 Å². The quantitative estimate of drug-likeness (QED) is 0.847. The molecule has 1 aromatic rings. The van der Waals surface area contributed by atoms with Crippen LogP contribution in [0, 0.1) is 0 Å². The van der Waals surface area contributed by atoms with E-state index in [0.29, 0.717) is 16.9 Å². The summed E-state index contributed by atoms with van der Waals surface area (Å²) in [5, 5.41) is 4.17. The number of hydrogen-bond acceptors (Lipinski definition) is 4. The van der Waals surface area contributed by atoms with Gasteiger partial charge in [-0.25, -0.2) is 9.48 Å². The number of aromatic nitrogens is 2. The average Bonchev–Trinajstić information content (AvgIpc) is 2.44. The number of nitrogen functional groups attached to an aromatic ring is 1. The normalized spacial score (nSPS) is 11.6. The molecule has 0 spiro atoms. The fourth-order valence-corrected chi connectivity index (χ4v) is 1.66. The van der Waals surface area contributed by atoms with Crippen molar-refractivity contribution in [2.45, 2.75) is 33.2 Å². The van der Waals surface area contributed by atoms with Gasteiger partial charge in [0, 0.05) is 0 Å². The van der Waals surface area contributed by atoms with Gasteiger partial charge in [0.2, 0.25) is 0 Å². The number of carbonyl (C=O) groups is 1. The maximum absolute atomic E-state index is 11.6. The van der Waals surface area contributed by atoms with Crippen LogP contribution < -0.4 is 5.73 Å². The molecule has 0 aromatic carbocycles. The molecule has 2 N–H and O–H groups in total. The van der Waals surface area contributed by atoms with Crippen molar-refractivity contribution in [3.8, 4) is 0 Å². The first-order valence-corrected chi connectivity index (χ1v) is 5.80. The van der Waals surface area contributed by atoms with E-state index in [2.05, 4.69) is 21.0 Å². The van der Waals surface area contributed by atoms with Crippen molar-refractivity contribution in [3.05, 3.63) is 10.2 Å². The minimum atomic E-state index is -0.468. The van der Waals surface area contributed by atoms with Crippen LogP contribution in [0.3, 0.4) is 0 Å². The molecule has 90 valence electrons. The molecule has 0 aliphatic heterocycles. The van der Waals surface area contributed by atoms with Crippen LogP contribution in [0.4, 0.5) is 5.82 Å². The van der Waals surface area contributed by atoms with Crippen LogP contribution >= 0.6 is 15.9 Å². The molecule has 0 saturated carbocycles. The fraction of sp³-hybridized carbons (Fsp3) is 0.600. The van der Waals surface area contributed by atoms with Gasteiger partial charge in [-0.15, -0.1) is 0 Å². The summed E-state index contributed by atoms with van der Waals surface area (Å²) in [5.41, 5.74) is 5.81. The van der Waals surface area contributed by atoms with Crippen molar-refractivity contribution in [3.63, 3.8) is 0 Å². The Hall–Kier alpha value is -1.04. The van der Waals surface area contributed by atoms with Gasteiger partial charge in [-0.3, -0.25) is 0 Å². The number of halogens is 1. The van der Waals surface area contributed by atoms with E-state index in [9.17, 15) is 4.79 Å². The largest absolute Gasteiger partial charge is 0.461 e. The standard InChI is InChI=1S/C10H16BrN3O2/c1-5-16-9(15)7-6(11)8(12)14(13-7)10(2,3)4/h5,12H2,1-4H3. The van der Waals surface area contributed by atoms with Gasteiger partial charge in [0.15, 0.2) is 5.69 Å². The molecule has 1 aromatic heterocycles. The summed E-state index contributed by atoms with van der Waals surface area (Å²) in [6, 6.07) is 0. The first-order chi connectivity index (χ1) is 7.29. The third kappa shape index (κ3) is 2.37. The van der Waals surface area contributed by atoms with Crippen LogP contribution in [-0.2, 0) is 10.3 Å². The van der Waals surface area contributed by atoms with Gasteiger partial charge >= 0.3 is 5.97 Å². The molecule has 0 atom stereocenters. The molecule has 0 radical (unpaired) electrons. The summed E-state index contributed by atoms with van der Waals surface area (Å²) in [4.78, 5) is 11.6. The molecule has 1 rings (SSSR count). The minimum absolute atomic E-state index is 0.217. The van der Waals surface area contributed by atoms with Gasteiger partial charge in [0.05, 0.1) is 16.6 Å². The predicted octanol–water partition coefficient (Wildman–Crippen LogP) is 2.16. The molecule has 0 aliphatic carbocycles. The summed E-state index contributed by atoms with van der Waals surface area (Å²) in [6.07, 6.45) is 0. The molecular formula is C10H16BrN3O2. The molecule has 0 bridgehead atoms. The molecule has 0 saturated heterocycles. The minimum Gasteiger partial charge on any atom is -0.461 e. The maximum atomic E-state index is 11.6. The van der Waals surface area contributed by atoms with Gasteiger partial charge in [-0.2, -0.15) is 5.10 Å². The molecule has 1 heterocycles. The number of ether oxygens (including phenoxy) is 1. The number of nitrogens with two attached hydrogens (primary N) is 1. The van der Waals surface area contributed by atoms with Crippen molar-refractivity contribution >= 4 is 27.7 Å². The zero-order valence-corrected chi connectivity index (χ0v) is 11.5. The lowest BCUT2D eigenvalue weighted by Crippen LogP contribution is -2.25. The van der Waals surface area contributed by atoms with Crippen LogP contribution in [0.2, 0.25) is 0 Å². The Morgan fingerprint density at radius 3 is 2.50 bits per heavy atom. The van der Waals surface area contributed by atoms with E-state index in [-0.39, 0.29) is 11.2 Å². The lowest BCUT2D eigenvalue weighted by molar-refractivity contribution is 0.0516. The monoisotopic (exact) mass is 289 g/mol. The van der Waals surface area contributed by atoms with Crippen molar-refractivity contribution < 1.29 is 9.53 Å². The van der Waals surface area contributed by atoms with Crippen molar-refractivity contribution in [2.24, 2.45) is 0 Å². The van der Waals surface area contributed by atoms with Gasteiger partial charge in [0.25, 0.3) is 0 Å². The van der Waals surface area contributed by atoms with Crippen LogP contribution in [0.1, 0.15) is 38.2 Å². The van der Waals surface area contributed by atoms with Crippen LogP contribution in [0.15, 0.2) is 4.47 Å². The molecule has 16 heavy (non-hydrogen) atoms.